The van der Waals surface area contributed by atoms with Gasteiger partial charge >= 0.3 is 0 Å². The van der Waals surface area contributed by atoms with Crippen LogP contribution < -0.4 is 5.32 Å². The molecule has 0 aromatic carbocycles. The molecule has 0 aliphatic carbocycles. The molecule has 3 aromatic heterocycles. The number of rotatable bonds is 3. The van der Waals surface area contributed by atoms with Crippen LogP contribution in [0, 0.1) is 11.6 Å². The van der Waals surface area contributed by atoms with E-state index in [2.05, 4.69) is 20.3 Å². The number of fused-ring (bicyclic) bond motifs is 1. The molecule has 112 valence electrons. The third-order valence-corrected chi connectivity index (χ3v) is 3.25. The normalized spacial score (nSPS) is 11.1. The first-order valence-electron chi connectivity index (χ1n) is 6.88. The van der Waals surface area contributed by atoms with Crippen molar-refractivity contribution in [3.8, 4) is 0 Å². The van der Waals surface area contributed by atoms with E-state index < -0.39 is 11.6 Å². The van der Waals surface area contributed by atoms with Gasteiger partial charge in [0.1, 0.15) is 11.3 Å². The second kappa shape index (κ2) is 5.63. The SMILES string of the molecule is CC(C)c1cc(Nc2cc(F)c3ncccc3n2)c(F)cn1. The molecule has 0 aliphatic heterocycles. The Morgan fingerprint density at radius 1 is 1.09 bits per heavy atom. The van der Waals surface area contributed by atoms with E-state index in [-0.39, 0.29) is 22.9 Å². The van der Waals surface area contributed by atoms with Crippen LogP contribution in [0.1, 0.15) is 25.5 Å². The summed E-state index contributed by atoms with van der Waals surface area (Å²) < 4.78 is 27.9. The quantitative estimate of drug-likeness (QED) is 0.788. The molecule has 0 spiro atoms. The third kappa shape index (κ3) is 2.72. The number of aromatic nitrogens is 3. The zero-order chi connectivity index (χ0) is 15.7. The number of hydrogen-bond donors (Lipinski definition) is 1. The number of hydrogen-bond acceptors (Lipinski definition) is 4. The van der Waals surface area contributed by atoms with Crippen LogP contribution in [0.4, 0.5) is 20.3 Å². The van der Waals surface area contributed by atoms with E-state index in [0.717, 1.165) is 11.9 Å². The minimum atomic E-state index is -0.516. The fraction of sp³-hybridized carbons (Fsp3) is 0.188. The minimum absolute atomic E-state index is 0.159. The van der Waals surface area contributed by atoms with Crippen molar-refractivity contribution in [2.24, 2.45) is 0 Å². The van der Waals surface area contributed by atoms with E-state index in [1.807, 2.05) is 13.8 Å². The second-order valence-corrected chi connectivity index (χ2v) is 5.23. The van der Waals surface area contributed by atoms with Gasteiger partial charge in [-0.2, -0.15) is 0 Å². The van der Waals surface area contributed by atoms with Crippen molar-refractivity contribution in [2.75, 3.05) is 5.32 Å². The summed E-state index contributed by atoms with van der Waals surface area (Å²) in [6.07, 6.45) is 2.65. The Morgan fingerprint density at radius 2 is 1.91 bits per heavy atom. The van der Waals surface area contributed by atoms with Gasteiger partial charge in [-0.15, -0.1) is 0 Å². The Labute approximate surface area is 126 Å². The molecule has 4 nitrogen and oxygen atoms in total. The van der Waals surface area contributed by atoms with Crippen molar-refractivity contribution in [3.05, 3.63) is 54.0 Å². The second-order valence-electron chi connectivity index (χ2n) is 5.23. The highest BCUT2D eigenvalue weighted by Gasteiger charge is 2.11. The summed E-state index contributed by atoms with van der Waals surface area (Å²) in [4.78, 5) is 12.2. The van der Waals surface area contributed by atoms with Crippen LogP contribution in [0.5, 0.6) is 0 Å². The molecular formula is C16H14F2N4. The smallest absolute Gasteiger partial charge is 0.164 e. The molecular weight excluding hydrogens is 286 g/mol. The largest absolute Gasteiger partial charge is 0.338 e. The maximum atomic E-state index is 14.0. The summed E-state index contributed by atoms with van der Waals surface area (Å²) in [5.74, 6) is -0.644. The maximum absolute atomic E-state index is 14.0. The molecule has 0 unspecified atom stereocenters. The Kier molecular flexibility index (Phi) is 3.66. The molecule has 0 fully saturated rings. The van der Waals surface area contributed by atoms with Crippen molar-refractivity contribution < 1.29 is 8.78 Å². The summed E-state index contributed by atoms with van der Waals surface area (Å²) in [7, 11) is 0. The molecule has 22 heavy (non-hydrogen) atoms. The highest BCUT2D eigenvalue weighted by atomic mass is 19.1. The maximum Gasteiger partial charge on any atom is 0.164 e. The topological polar surface area (TPSA) is 50.7 Å². The first-order valence-corrected chi connectivity index (χ1v) is 6.88. The monoisotopic (exact) mass is 300 g/mol. The van der Waals surface area contributed by atoms with Gasteiger partial charge in [0, 0.05) is 18.0 Å². The van der Waals surface area contributed by atoms with Gasteiger partial charge in [-0.05, 0) is 24.1 Å². The van der Waals surface area contributed by atoms with E-state index in [9.17, 15) is 8.78 Å². The van der Waals surface area contributed by atoms with Crippen LogP contribution >= 0.6 is 0 Å². The number of halogens is 2. The van der Waals surface area contributed by atoms with Gasteiger partial charge in [0.05, 0.1) is 17.4 Å². The van der Waals surface area contributed by atoms with Crippen LogP contribution in [-0.4, -0.2) is 15.0 Å². The van der Waals surface area contributed by atoms with Crippen LogP contribution in [-0.2, 0) is 0 Å². The number of nitrogens with one attached hydrogen (secondary N) is 1. The molecule has 1 N–H and O–H groups in total. The lowest BCUT2D eigenvalue weighted by atomic mass is 10.1. The van der Waals surface area contributed by atoms with Crippen molar-refractivity contribution in [2.45, 2.75) is 19.8 Å². The Morgan fingerprint density at radius 3 is 2.68 bits per heavy atom. The predicted molar refractivity (Wildman–Crippen MR) is 81.1 cm³/mol. The molecule has 3 aromatic rings. The van der Waals surface area contributed by atoms with E-state index in [4.69, 9.17) is 0 Å². The average Bonchev–Trinajstić information content (AvgIpc) is 2.49. The van der Waals surface area contributed by atoms with E-state index in [1.54, 1.807) is 18.2 Å². The van der Waals surface area contributed by atoms with Gasteiger partial charge < -0.3 is 5.32 Å². The van der Waals surface area contributed by atoms with Crippen molar-refractivity contribution in [1.29, 1.82) is 0 Å². The molecule has 0 radical (unpaired) electrons. The van der Waals surface area contributed by atoms with Gasteiger partial charge in [0.25, 0.3) is 0 Å². The Hall–Kier alpha value is -2.63. The van der Waals surface area contributed by atoms with Crippen LogP contribution in [0.15, 0.2) is 36.7 Å². The van der Waals surface area contributed by atoms with Gasteiger partial charge in [-0.3, -0.25) is 9.97 Å². The van der Waals surface area contributed by atoms with Crippen LogP contribution in [0.2, 0.25) is 0 Å². The first-order chi connectivity index (χ1) is 10.5. The fourth-order valence-corrected chi connectivity index (χ4v) is 2.09. The highest BCUT2D eigenvalue weighted by Crippen LogP contribution is 2.24. The lowest BCUT2D eigenvalue weighted by molar-refractivity contribution is 0.620. The van der Waals surface area contributed by atoms with Gasteiger partial charge in [0.15, 0.2) is 11.6 Å². The first kappa shape index (κ1) is 14.3. The predicted octanol–water partition coefficient (Wildman–Crippen LogP) is 4.17. The molecule has 0 saturated heterocycles. The summed E-state index contributed by atoms with van der Waals surface area (Å²) >= 11 is 0. The molecule has 3 heterocycles. The molecule has 0 amide bonds. The summed E-state index contributed by atoms with van der Waals surface area (Å²) in [5, 5.41) is 2.81. The van der Waals surface area contributed by atoms with E-state index in [1.165, 1.54) is 12.3 Å². The van der Waals surface area contributed by atoms with Crippen molar-refractivity contribution >= 4 is 22.5 Å². The number of nitrogens with zero attached hydrogens (tertiary/aromatic N) is 3. The van der Waals surface area contributed by atoms with Crippen molar-refractivity contribution in [1.82, 2.24) is 15.0 Å². The fourth-order valence-electron chi connectivity index (χ4n) is 2.09. The van der Waals surface area contributed by atoms with Gasteiger partial charge in [-0.25, -0.2) is 13.8 Å². The molecule has 3 rings (SSSR count). The highest BCUT2D eigenvalue weighted by molar-refractivity contribution is 5.77. The lowest BCUT2D eigenvalue weighted by Gasteiger charge is -2.11. The number of pyridine rings is 3. The summed E-state index contributed by atoms with van der Waals surface area (Å²) in [6.45, 7) is 3.92. The third-order valence-electron chi connectivity index (χ3n) is 3.25. The molecule has 0 atom stereocenters. The van der Waals surface area contributed by atoms with E-state index >= 15 is 0 Å². The molecule has 0 saturated carbocycles. The average molecular weight is 300 g/mol. The Balaban J connectivity index is 2.01. The summed E-state index contributed by atoms with van der Waals surface area (Å²) in [5.41, 5.74) is 1.55. The van der Waals surface area contributed by atoms with Gasteiger partial charge in [-0.1, -0.05) is 13.8 Å². The van der Waals surface area contributed by atoms with Gasteiger partial charge in [0.2, 0.25) is 0 Å². The van der Waals surface area contributed by atoms with Crippen LogP contribution in [0.25, 0.3) is 11.0 Å². The Bertz CT molecular complexity index is 833. The summed E-state index contributed by atoms with van der Waals surface area (Å²) in [6, 6.07) is 6.12. The number of anilines is 2. The minimum Gasteiger partial charge on any atom is -0.338 e. The zero-order valence-electron chi connectivity index (χ0n) is 12.1. The lowest BCUT2D eigenvalue weighted by Crippen LogP contribution is -2.02. The van der Waals surface area contributed by atoms with Crippen LogP contribution in [0.3, 0.4) is 0 Å². The molecule has 6 heteroatoms. The zero-order valence-corrected chi connectivity index (χ0v) is 12.1. The van der Waals surface area contributed by atoms with Crippen molar-refractivity contribution in [3.63, 3.8) is 0 Å². The standard InChI is InChI=1S/C16H14F2N4/c1-9(2)13-7-14(11(18)8-20-13)22-15-6-10(17)16-12(21-15)4-3-5-19-16/h3-9H,1-2H3,(H,20,21,22). The molecule has 0 bridgehead atoms. The van der Waals surface area contributed by atoms with E-state index in [0.29, 0.717) is 5.52 Å². The molecule has 0 aliphatic rings.